The number of carbonyl (C=O) groups excluding carboxylic acids is 1. The Balaban J connectivity index is 1.50. The lowest BCUT2D eigenvalue weighted by atomic mass is 9.89. The summed E-state index contributed by atoms with van der Waals surface area (Å²) in [4.78, 5) is 12.5. The first-order chi connectivity index (χ1) is 13.5. The van der Waals surface area contributed by atoms with Crippen LogP contribution in [0.1, 0.15) is 46.2 Å². The summed E-state index contributed by atoms with van der Waals surface area (Å²) in [6.07, 6.45) is 3.53. The van der Waals surface area contributed by atoms with E-state index in [1.165, 1.54) is 29.8 Å². The van der Waals surface area contributed by atoms with Crippen LogP contribution in [-0.2, 0) is 19.4 Å². The fourth-order valence-electron chi connectivity index (χ4n) is 4.11. The molecule has 0 bridgehead atoms. The lowest BCUT2D eigenvalue weighted by Crippen LogP contribution is -2.23. The van der Waals surface area contributed by atoms with Gasteiger partial charge >= 0.3 is 0 Å². The second-order valence-electron chi connectivity index (χ2n) is 7.76. The van der Waals surface area contributed by atoms with Crippen LogP contribution in [0.3, 0.4) is 0 Å². The summed E-state index contributed by atoms with van der Waals surface area (Å²) in [5.74, 6) is 0.709. The topological polar surface area (TPSA) is 34.0 Å². The van der Waals surface area contributed by atoms with Crippen molar-refractivity contribution in [1.29, 1.82) is 0 Å². The third-order valence-corrected chi connectivity index (χ3v) is 6.38. The van der Waals surface area contributed by atoms with Gasteiger partial charge in [-0.1, -0.05) is 41.1 Å². The normalized spacial score (nSPS) is 15.9. The molecule has 3 aromatic rings. The summed E-state index contributed by atoms with van der Waals surface area (Å²) < 4.78 is 3.36. The molecule has 0 saturated heterocycles. The number of amides is 1. The molecule has 0 aliphatic heterocycles. The van der Waals surface area contributed by atoms with E-state index in [0.29, 0.717) is 12.1 Å². The minimum Gasteiger partial charge on any atom is -0.348 e. The van der Waals surface area contributed by atoms with Gasteiger partial charge in [-0.15, -0.1) is 0 Å². The number of hydrogen-bond donors (Lipinski definition) is 1. The van der Waals surface area contributed by atoms with Gasteiger partial charge in [0, 0.05) is 33.7 Å². The van der Waals surface area contributed by atoms with Gasteiger partial charge in [0.1, 0.15) is 0 Å². The molecule has 1 aliphatic rings. The van der Waals surface area contributed by atoms with Crippen molar-refractivity contribution in [3.8, 4) is 5.69 Å². The first-order valence-corrected chi connectivity index (χ1v) is 10.6. The van der Waals surface area contributed by atoms with Gasteiger partial charge < -0.3 is 9.88 Å². The number of hydrogen-bond acceptors (Lipinski definition) is 1. The van der Waals surface area contributed by atoms with Crippen molar-refractivity contribution in [2.45, 2.75) is 39.7 Å². The maximum absolute atomic E-state index is 12.5. The second kappa shape index (κ2) is 7.96. The van der Waals surface area contributed by atoms with Crippen molar-refractivity contribution >= 4 is 21.8 Å². The van der Waals surface area contributed by atoms with Crippen LogP contribution >= 0.6 is 15.9 Å². The Morgan fingerprint density at radius 1 is 1.18 bits per heavy atom. The van der Waals surface area contributed by atoms with Crippen molar-refractivity contribution in [3.05, 3.63) is 87.1 Å². The third kappa shape index (κ3) is 3.79. The molecule has 1 aliphatic carbocycles. The van der Waals surface area contributed by atoms with Crippen molar-refractivity contribution in [2.75, 3.05) is 0 Å². The Labute approximate surface area is 174 Å². The molecular weight excluding hydrogens is 412 g/mol. The number of halogens is 1. The summed E-state index contributed by atoms with van der Waals surface area (Å²) in [5.41, 5.74) is 7.06. The molecule has 0 spiro atoms. The number of nitrogens with one attached hydrogen (secondary N) is 1. The molecule has 1 N–H and O–H groups in total. The molecule has 2 aromatic carbocycles. The summed E-state index contributed by atoms with van der Waals surface area (Å²) in [6.45, 7) is 5.00. The van der Waals surface area contributed by atoms with E-state index in [1.54, 1.807) is 0 Å². The fourth-order valence-corrected chi connectivity index (χ4v) is 4.53. The van der Waals surface area contributed by atoms with Crippen molar-refractivity contribution in [1.82, 2.24) is 9.88 Å². The third-order valence-electron chi connectivity index (χ3n) is 5.60. The van der Waals surface area contributed by atoms with Gasteiger partial charge in [0.15, 0.2) is 0 Å². The van der Waals surface area contributed by atoms with Crippen molar-refractivity contribution < 1.29 is 4.79 Å². The first-order valence-electron chi connectivity index (χ1n) is 9.85. The molecule has 1 aromatic heterocycles. The van der Waals surface area contributed by atoms with E-state index in [2.05, 4.69) is 57.9 Å². The Bertz CT molecular complexity index is 1000. The van der Waals surface area contributed by atoms with Crippen LogP contribution in [0.4, 0.5) is 0 Å². The van der Waals surface area contributed by atoms with Crippen LogP contribution in [0.15, 0.2) is 59.1 Å². The highest BCUT2D eigenvalue weighted by Gasteiger charge is 2.21. The van der Waals surface area contributed by atoms with E-state index in [4.69, 9.17) is 0 Å². The molecule has 0 radical (unpaired) electrons. The predicted molar refractivity (Wildman–Crippen MR) is 117 cm³/mol. The first kappa shape index (κ1) is 19.0. The standard InChI is InChI=1S/C24H25BrN2O/c1-16-7-12-23-20(13-16)14-17(2)27(23)21-10-8-18(9-11-21)24(28)26-15-19-5-3-4-6-22(19)25/h3-6,8-11,14,16H,7,12-13,15H2,1-2H3,(H,26,28)/t16-/m1/s1. The SMILES string of the molecule is Cc1cc2c(n1-c1ccc(C(=O)NCc3ccccc3Br)cc1)CC[C@@H](C)C2. The summed E-state index contributed by atoms with van der Waals surface area (Å²) in [7, 11) is 0. The maximum atomic E-state index is 12.5. The molecule has 144 valence electrons. The zero-order chi connectivity index (χ0) is 19.7. The lowest BCUT2D eigenvalue weighted by Gasteiger charge is -2.21. The molecule has 3 nitrogen and oxygen atoms in total. The number of carbonyl (C=O) groups is 1. The average molecular weight is 437 g/mol. The number of aromatic nitrogens is 1. The Kier molecular flexibility index (Phi) is 5.40. The number of nitrogens with zero attached hydrogens (tertiary/aromatic N) is 1. The van der Waals surface area contributed by atoms with Crippen LogP contribution in [0.5, 0.6) is 0 Å². The molecule has 0 saturated carbocycles. The molecule has 1 heterocycles. The zero-order valence-corrected chi connectivity index (χ0v) is 17.9. The smallest absolute Gasteiger partial charge is 0.251 e. The molecule has 28 heavy (non-hydrogen) atoms. The summed E-state index contributed by atoms with van der Waals surface area (Å²) in [5, 5.41) is 3.00. The quantitative estimate of drug-likeness (QED) is 0.566. The molecule has 4 heteroatoms. The highest BCUT2D eigenvalue weighted by molar-refractivity contribution is 9.10. The lowest BCUT2D eigenvalue weighted by molar-refractivity contribution is 0.0951. The number of fused-ring (bicyclic) bond motifs is 1. The molecule has 0 fully saturated rings. The number of benzene rings is 2. The van der Waals surface area contributed by atoms with Crippen LogP contribution in [0.25, 0.3) is 5.69 Å². The van der Waals surface area contributed by atoms with Gasteiger partial charge in [-0.2, -0.15) is 0 Å². The van der Waals surface area contributed by atoms with Crippen LogP contribution in [0, 0.1) is 12.8 Å². The highest BCUT2D eigenvalue weighted by atomic mass is 79.9. The largest absolute Gasteiger partial charge is 0.348 e. The van der Waals surface area contributed by atoms with Gasteiger partial charge in [0.2, 0.25) is 0 Å². The van der Waals surface area contributed by atoms with Gasteiger partial charge in [0.05, 0.1) is 0 Å². The van der Waals surface area contributed by atoms with Crippen LogP contribution in [-0.4, -0.2) is 10.5 Å². The van der Waals surface area contributed by atoms with Crippen LogP contribution in [0.2, 0.25) is 0 Å². The van der Waals surface area contributed by atoms with E-state index in [0.717, 1.165) is 28.1 Å². The second-order valence-corrected chi connectivity index (χ2v) is 8.62. The monoisotopic (exact) mass is 436 g/mol. The van der Waals surface area contributed by atoms with E-state index in [9.17, 15) is 4.79 Å². The Morgan fingerprint density at radius 2 is 1.93 bits per heavy atom. The molecule has 1 atom stereocenters. The van der Waals surface area contributed by atoms with Gasteiger partial charge in [0.25, 0.3) is 5.91 Å². The van der Waals surface area contributed by atoms with Gasteiger partial charge in [-0.05, 0) is 79.6 Å². The fraction of sp³-hybridized carbons (Fsp3) is 0.292. The van der Waals surface area contributed by atoms with E-state index < -0.39 is 0 Å². The van der Waals surface area contributed by atoms with E-state index >= 15 is 0 Å². The predicted octanol–water partition coefficient (Wildman–Crippen LogP) is 5.60. The molecule has 1 amide bonds. The Hall–Kier alpha value is -2.33. The van der Waals surface area contributed by atoms with Gasteiger partial charge in [-0.25, -0.2) is 0 Å². The van der Waals surface area contributed by atoms with E-state index in [-0.39, 0.29) is 5.91 Å². The minimum absolute atomic E-state index is 0.0533. The minimum atomic E-state index is -0.0533. The zero-order valence-electron chi connectivity index (χ0n) is 16.3. The number of rotatable bonds is 4. The van der Waals surface area contributed by atoms with Crippen molar-refractivity contribution in [3.63, 3.8) is 0 Å². The highest BCUT2D eigenvalue weighted by Crippen LogP contribution is 2.30. The molecule has 4 rings (SSSR count). The molecular formula is C24H25BrN2O. The van der Waals surface area contributed by atoms with Crippen LogP contribution < -0.4 is 5.32 Å². The van der Waals surface area contributed by atoms with Crippen molar-refractivity contribution in [2.24, 2.45) is 5.92 Å². The summed E-state index contributed by atoms with van der Waals surface area (Å²) in [6, 6.07) is 18.2. The number of aryl methyl sites for hydroxylation is 1. The Morgan fingerprint density at radius 3 is 2.68 bits per heavy atom. The average Bonchev–Trinajstić information content (AvgIpc) is 3.02. The summed E-state index contributed by atoms with van der Waals surface area (Å²) >= 11 is 3.52. The van der Waals surface area contributed by atoms with Gasteiger partial charge in [-0.3, -0.25) is 4.79 Å². The molecule has 0 unspecified atom stereocenters. The maximum Gasteiger partial charge on any atom is 0.251 e. The van der Waals surface area contributed by atoms with E-state index in [1.807, 2.05) is 36.4 Å².